The monoisotopic (exact) mass is 529 g/mol. The van der Waals surface area contributed by atoms with E-state index in [9.17, 15) is 19.5 Å². The van der Waals surface area contributed by atoms with E-state index >= 15 is 0 Å². The van der Waals surface area contributed by atoms with Crippen molar-refractivity contribution in [3.05, 3.63) is 54.6 Å². The Morgan fingerprint density at radius 2 is 1.92 bits per heavy atom. The number of likely N-dealkylation sites (tertiary alicyclic amines) is 1. The van der Waals surface area contributed by atoms with Gasteiger partial charge in [0.15, 0.2) is 0 Å². The molecule has 0 saturated carbocycles. The molecule has 3 fully saturated rings. The molecule has 37 heavy (non-hydrogen) atoms. The molecule has 2 bridgehead atoms. The summed E-state index contributed by atoms with van der Waals surface area (Å²) in [5.41, 5.74) is -1.54. The summed E-state index contributed by atoms with van der Waals surface area (Å²) in [5, 5.41) is 10.5. The van der Waals surface area contributed by atoms with Crippen molar-refractivity contribution >= 4 is 35.0 Å². The van der Waals surface area contributed by atoms with Crippen LogP contribution in [0.4, 0.5) is 5.69 Å². The van der Waals surface area contributed by atoms with Crippen LogP contribution >= 0.6 is 11.6 Å². The van der Waals surface area contributed by atoms with Gasteiger partial charge in [-0.25, -0.2) is 0 Å². The first kappa shape index (κ1) is 27.4. The quantitative estimate of drug-likeness (QED) is 0.470. The summed E-state index contributed by atoms with van der Waals surface area (Å²) in [5.74, 6) is -2.47. The van der Waals surface area contributed by atoms with E-state index in [-0.39, 0.29) is 30.9 Å². The van der Waals surface area contributed by atoms with E-state index in [0.29, 0.717) is 36.5 Å². The van der Waals surface area contributed by atoms with Crippen molar-refractivity contribution in [2.24, 2.45) is 11.8 Å². The van der Waals surface area contributed by atoms with Crippen LogP contribution in [0.5, 0.6) is 0 Å². The molecular weight excluding hydrogens is 494 g/mol. The van der Waals surface area contributed by atoms with Crippen molar-refractivity contribution in [2.75, 3.05) is 31.6 Å². The van der Waals surface area contributed by atoms with Crippen molar-refractivity contribution in [2.45, 2.75) is 56.4 Å². The number of carbonyl (C=O) groups is 3. The number of para-hydroxylation sites is 1. The van der Waals surface area contributed by atoms with Crippen LogP contribution in [0.3, 0.4) is 0 Å². The zero-order valence-electron chi connectivity index (χ0n) is 21.7. The second kappa shape index (κ2) is 10.2. The first-order valence-electron chi connectivity index (χ1n) is 12.8. The Morgan fingerprint density at radius 3 is 2.51 bits per heavy atom. The third kappa shape index (κ3) is 4.01. The van der Waals surface area contributed by atoms with Crippen molar-refractivity contribution in [3.8, 4) is 0 Å². The van der Waals surface area contributed by atoms with Crippen LogP contribution in [0.15, 0.2) is 49.6 Å². The molecule has 3 saturated heterocycles. The molecule has 1 N–H and O–H groups in total. The molecule has 200 valence electrons. The number of aliphatic hydroxyl groups is 1. The van der Waals surface area contributed by atoms with Crippen molar-refractivity contribution in [3.63, 3.8) is 0 Å². The number of halogens is 1. The predicted octanol–water partition coefficient (Wildman–Crippen LogP) is 3.04. The zero-order chi connectivity index (χ0) is 27.1. The number of hydrogen-bond acceptors (Lipinski definition) is 5. The number of anilines is 1. The Labute approximate surface area is 223 Å². The maximum Gasteiger partial charge on any atom is 0.253 e. The van der Waals surface area contributed by atoms with Crippen molar-refractivity contribution in [1.82, 2.24) is 9.80 Å². The fraction of sp³-hybridized carbons (Fsp3) is 0.536. The zero-order valence-corrected chi connectivity index (χ0v) is 22.5. The lowest BCUT2D eigenvalue weighted by atomic mass is 9.64. The standard InChI is InChI=1S/C28H36ClN3O5/c1-6-15-30(5)24(34)21-22-25(35)32(18(4)17-33)23(28(22)14-13-27(21,8-3)37-28)26(36)31(16-7-2)20-12-10-9-11-19(20)29/h6-7,9-12,18,21-23,33H,1-2,8,13-17H2,3-5H3/t18-,21-,22+,23?,27+,28?/m1/s1. The van der Waals surface area contributed by atoms with Crippen LogP contribution in [-0.4, -0.2) is 82.7 Å². The lowest BCUT2D eigenvalue weighted by molar-refractivity contribution is -0.152. The molecule has 0 aromatic heterocycles. The molecule has 3 heterocycles. The van der Waals surface area contributed by atoms with E-state index < -0.39 is 35.1 Å². The number of likely N-dealkylation sites (N-methyl/N-ethyl adjacent to an activating group) is 1. The number of nitrogens with zero attached hydrogens (tertiary/aromatic N) is 3. The highest BCUT2D eigenvalue weighted by Crippen LogP contribution is 2.65. The molecule has 1 aromatic rings. The number of carbonyl (C=O) groups excluding carboxylic acids is 3. The number of fused-ring (bicyclic) bond motifs is 1. The molecule has 3 aliphatic rings. The van der Waals surface area contributed by atoms with Crippen molar-refractivity contribution < 1.29 is 24.2 Å². The predicted molar refractivity (Wildman–Crippen MR) is 142 cm³/mol. The van der Waals surface area contributed by atoms with Gasteiger partial charge in [0.05, 0.1) is 40.8 Å². The third-order valence-electron chi connectivity index (χ3n) is 8.36. The molecule has 1 spiro atoms. The van der Waals surface area contributed by atoms with Crippen molar-refractivity contribution in [1.29, 1.82) is 0 Å². The number of benzene rings is 1. The van der Waals surface area contributed by atoms with Gasteiger partial charge in [-0.05, 0) is 38.3 Å². The number of aliphatic hydroxyl groups excluding tert-OH is 1. The van der Waals surface area contributed by atoms with Gasteiger partial charge >= 0.3 is 0 Å². The summed E-state index contributed by atoms with van der Waals surface area (Å²) in [4.78, 5) is 46.9. The first-order valence-corrected chi connectivity index (χ1v) is 13.2. The molecule has 3 aliphatic heterocycles. The summed E-state index contributed by atoms with van der Waals surface area (Å²) in [7, 11) is 1.69. The Bertz CT molecular complexity index is 1110. The lowest BCUT2D eigenvalue weighted by Crippen LogP contribution is -2.58. The van der Waals surface area contributed by atoms with E-state index in [2.05, 4.69) is 13.2 Å². The minimum absolute atomic E-state index is 0.165. The Balaban J connectivity index is 1.86. The van der Waals surface area contributed by atoms with Crippen LogP contribution in [0.2, 0.25) is 5.02 Å². The van der Waals surface area contributed by atoms with Gasteiger partial charge in [0.25, 0.3) is 5.91 Å². The van der Waals surface area contributed by atoms with E-state index in [4.69, 9.17) is 16.3 Å². The summed E-state index contributed by atoms with van der Waals surface area (Å²) >= 11 is 6.48. The molecular formula is C28H36ClN3O5. The Kier molecular flexibility index (Phi) is 7.57. The molecule has 3 amide bonds. The van der Waals surface area contributed by atoms with Gasteiger partial charge in [-0.15, -0.1) is 13.2 Å². The molecule has 9 heteroatoms. The van der Waals surface area contributed by atoms with Gasteiger partial charge in [0.1, 0.15) is 11.6 Å². The number of amides is 3. The highest BCUT2D eigenvalue weighted by atomic mass is 35.5. The average molecular weight is 530 g/mol. The topological polar surface area (TPSA) is 90.4 Å². The third-order valence-corrected chi connectivity index (χ3v) is 8.68. The number of ether oxygens (including phenoxy) is 1. The van der Waals surface area contributed by atoms with Crippen LogP contribution in [0.25, 0.3) is 0 Å². The second-order valence-electron chi connectivity index (χ2n) is 10.3. The van der Waals surface area contributed by atoms with Crippen LogP contribution in [-0.2, 0) is 19.1 Å². The van der Waals surface area contributed by atoms with Crippen LogP contribution < -0.4 is 4.90 Å². The van der Waals surface area contributed by atoms with Gasteiger partial charge in [0.2, 0.25) is 11.8 Å². The minimum Gasteiger partial charge on any atom is -0.394 e. The van der Waals surface area contributed by atoms with Gasteiger partial charge in [-0.2, -0.15) is 0 Å². The maximum atomic E-state index is 14.5. The lowest BCUT2D eigenvalue weighted by Gasteiger charge is -2.38. The maximum absolute atomic E-state index is 14.5. The Morgan fingerprint density at radius 1 is 1.24 bits per heavy atom. The molecule has 0 radical (unpaired) electrons. The molecule has 1 aromatic carbocycles. The summed E-state index contributed by atoms with van der Waals surface area (Å²) in [6.45, 7) is 11.4. The molecule has 8 nitrogen and oxygen atoms in total. The summed E-state index contributed by atoms with van der Waals surface area (Å²) in [6, 6.07) is 5.32. The van der Waals surface area contributed by atoms with E-state index in [1.165, 1.54) is 9.80 Å². The van der Waals surface area contributed by atoms with E-state index in [0.717, 1.165) is 0 Å². The average Bonchev–Trinajstić information content (AvgIpc) is 3.50. The van der Waals surface area contributed by atoms with Crippen LogP contribution in [0, 0.1) is 11.8 Å². The number of hydrogen-bond donors (Lipinski definition) is 1. The largest absolute Gasteiger partial charge is 0.394 e. The van der Waals surface area contributed by atoms with Gasteiger partial charge in [-0.3, -0.25) is 14.4 Å². The van der Waals surface area contributed by atoms with Gasteiger partial charge in [-0.1, -0.05) is 42.8 Å². The number of rotatable bonds is 10. The van der Waals surface area contributed by atoms with Gasteiger partial charge in [0, 0.05) is 20.1 Å². The van der Waals surface area contributed by atoms with E-state index in [1.807, 2.05) is 6.92 Å². The van der Waals surface area contributed by atoms with E-state index in [1.54, 1.807) is 55.3 Å². The molecule has 4 rings (SSSR count). The highest BCUT2D eigenvalue weighted by Gasteiger charge is 2.79. The molecule has 6 atom stereocenters. The van der Waals surface area contributed by atoms with Crippen LogP contribution in [0.1, 0.15) is 33.1 Å². The first-order chi connectivity index (χ1) is 17.6. The van der Waals surface area contributed by atoms with Gasteiger partial charge < -0.3 is 24.5 Å². The highest BCUT2D eigenvalue weighted by molar-refractivity contribution is 6.34. The fourth-order valence-corrected chi connectivity index (χ4v) is 6.89. The molecule has 0 aliphatic carbocycles. The normalized spacial score (nSPS) is 30.7. The summed E-state index contributed by atoms with van der Waals surface area (Å²) < 4.78 is 6.78. The Hall–Kier alpha value is -2.68. The SMILES string of the molecule is C=CCN(C)C(=O)[C@H]1[C@H]2C(=O)N([C@H](C)CO)C(C(=O)N(CC=C)c3ccccc3Cl)C23CC[C@]1(CC)O3. The molecule has 2 unspecified atom stereocenters. The summed E-state index contributed by atoms with van der Waals surface area (Å²) in [6.07, 6.45) is 4.80. The smallest absolute Gasteiger partial charge is 0.253 e. The second-order valence-corrected chi connectivity index (χ2v) is 10.7. The minimum atomic E-state index is -1.19. The fourth-order valence-electron chi connectivity index (χ4n) is 6.65.